The van der Waals surface area contributed by atoms with E-state index < -0.39 is 11.4 Å². The quantitative estimate of drug-likeness (QED) is 0.701. The maximum absolute atomic E-state index is 12.7. The third-order valence-electron chi connectivity index (χ3n) is 4.36. The number of hydrogen-bond acceptors (Lipinski definition) is 3. The number of carbonyl (C=O) groups excluding carboxylic acids is 1. The van der Waals surface area contributed by atoms with Crippen molar-refractivity contribution in [3.8, 4) is 0 Å². The fourth-order valence-corrected chi connectivity index (χ4v) is 3.11. The molecule has 0 saturated carbocycles. The zero-order valence-corrected chi connectivity index (χ0v) is 14.0. The molecule has 0 aromatic heterocycles. The van der Waals surface area contributed by atoms with Gasteiger partial charge in [0.05, 0.1) is 11.8 Å². The molecule has 0 aromatic rings. The van der Waals surface area contributed by atoms with E-state index >= 15 is 0 Å². The SMILES string of the molecule is CC(C)C1(C(=O)NC(CC(=O)O)CC(C)(C)C)CCNC1. The molecule has 1 heterocycles. The Morgan fingerprint density at radius 2 is 1.95 bits per heavy atom. The second-order valence-corrected chi connectivity index (χ2v) is 7.77. The third-order valence-corrected chi connectivity index (χ3v) is 4.36. The zero-order valence-electron chi connectivity index (χ0n) is 14.0. The van der Waals surface area contributed by atoms with E-state index in [1.807, 2.05) is 0 Å². The Bertz CT molecular complexity index is 379. The number of hydrogen-bond donors (Lipinski definition) is 3. The molecule has 2 unspecified atom stereocenters. The summed E-state index contributed by atoms with van der Waals surface area (Å²) < 4.78 is 0. The molecule has 1 aliphatic heterocycles. The van der Waals surface area contributed by atoms with Gasteiger partial charge in [0.25, 0.3) is 0 Å². The smallest absolute Gasteiger partial charge is 0.305 e. The van der Waals surface area contributed by atoms with Gasteiger partial charge in [0.15, 0.2) is 0 Å². The van der Waals surface area contributed by atoms with Crippen LogP contribution in [-0.2, 0) is 9.59 Å². The lowest BCUT2D eigenvalue weighted by Crippen LogP contribution is -2.50. The van der Waals surface area contributed by atoms with Crippen LogP contribution < -0.4 is 10.6 Å². The van der Waals surface area contributed by atoms with Gasteiger partial charge in [0.1, 0.15) is 0 Å². The average Bonchev–Trinajstić information content (AvgIpc) is 2.75. The van der Waals surface area contributed by atoms with Crippen LogP contribution in [0.2, 0.25) is 0 Å². The van der Waals surface area contributed by atoms with Gasteiger partial charge < -0.3 is 15.7 Å². The molecule has 1 rings (SSSR count). The molecule has 1 amide bonds. The van der Waals surface area contributed by atoms with Crippen molar-refractivity contribution >= 4 is 11.9 Å². The molecule has 2 atom stereocenters. The number of carboxylic acid groups (broad SMARTS) is 1. The highest BCUT2D eigenvalue weighted by Gasteiger charge is 2.44. The monoisotopic (exact) mass is 298 g/mol. The topological polar surface area (TPSA) is 78.4 Å². The van der Waals surface area contributed by atoms with E-state index in [2.05, 4.69) is 45.3 Å². The highest BCUT2D eigenvalue weighted by molar-refractivity contribution is 5.84. The predicted molar refractivity (Wildman–Crippen MR) is 83.0 cm³/mol. The van der Waals surface area contributed by atoms with Gasteiger partial charge in [-0.3, -0.25) is 9.59 Å². The van der Waals surface area contributed by atoms with E-state index in [9.17, 15) is 9.59 Å². The molecule has 0 spiro atoms. The van der Waals surface area contributed by atoms with Gasteiger partial charge in [-0.25, -0.2) is 0 Å². The van der Waals surface area contributed by atoms with Crippen LogP contribution in [0.1, 0.15) is 53.9 Å². The van der Waals surface area contributed by atoms with Crippen molar-refractivity contribution in [2.24, 2.45) is 16.7 Å². The second-order valence-electron chi connectivity index (χ2n) is 7.77. The standard InChI is InChI=1S/C16H30N2O3/c1-11(2)16(6-7-17-10-16)14(21)18-12(8-13(19)20)9-15(3,4)5/h11-12,17H,6-10H2,1-5H3,(H,18,21)(H,19,20). The summed E-state index contributed by atoms with van der Waals surface area (Å²) in [6.45, 7) is 11.8. The summed E-state index contributed by atoms with van der Waals surface area (Å²) in [6, 6.07) is -0.314. The lowest BCUT2D eigenvalue weighted by molar-refractivity contribution is -0.138. The van der Waals surface area contributed by atoms with Crippen LogP contribution in [0.15, 0.2) is 0 Å². The van der Waals surface area contributed by atoms with Gasteiger partial charge >= 0.3 is 5.97 Å². The van der Waals surface area contributed by atoms with Crippen LogP contribution >= 0.6 is 0 Å². The first kappa shape index (κ1) is 18.0. The number of carboxylic acids is 1. The molecule has 21 heavy (non-hydrogen) atoms. The van der Waals surface area contributed by atoms with Gasteiger partial charge in [-0.1, -0.05) is 34.6 Å². The van der Waals surface area contributed by atoms with Crippen LogP contribution in [-0.4, -0.2) is 36.1 Å². The maximum Gasteiger partial charge on any atom is 0.305 e. The van der Waals surface area contributed by atoms with Crippen LogP contribution in [0.5, 0.6) is 0 Å². The molecular weight excluding hydrogens is 268 g/mol. The molecule has 1 fully saturated rings. The molecule has 1 saturated heterocycles. The number of amides is 1. The fraction of sp³-hybridized carbons (Fsp3) is 0.875. The van der Waals surface area contributed by atoms with Crippen molar-refractivity contribution in [1.82, 2.24) is 10.6 Å². The van der Waals surface area contributed by atoms with Crippen molar-refractivity contribution in [2.75, 3.05) is 13.1 Å². The summed E-state index contributed by atoms with van der Waals surface area (Å²) in [5, 5.41) is 15.3. The van der Waals surface area contributed by atoms with Crippen molar-refractivity contribution in [2.45, 2.75) is 59.9 Å². The van der Waals surface area contributed by atoms with Crippen LogP contribution in [0.3, 0.4) is 0 Å². The van der Waals surface area contributed by atoms with Crippen molar-refractivity contribution in [3.05, 3.63) is 0 Å². The highest BCUT2D eigenvalue weighted by Crippen LogP contribution is 2.35. The zero-order chi connectivity index (χ0) is 16.3. The first-order valence-electron chi connectivity index (χ1n) is 7.80. The summed E-state index contributed by atoms with van der Waals surface area (Å²) >= 11 is 0. The molecule has 0 bridgehead atoms. The highest BCUT2D eigenvalue weighted by atomic mass is 16.4. The van der Waals surface area contributed by atoms with Crippen molar-refractivity contribution < 1.29 is 14.7 Å². The third kappa shape index (κ3) is 4.99. The minimum atomic E-state index is -0.868. The lowest BCUT2D eigenvalue weighted by Gasteiger charge is -2.34. The Morgan fingerprint density at radius 3 is 2.33 bits per heavy atom. The second kappa shape index (κ2) is 6.77. The molecular formula is C16H30N2O3. The lowest BCUT2D eigenvalue weighted by atomic mass is 9.75. The first-order chi connectivity index (χ1) is 9.57. The Labute approximate surface area is 127 Å². The molecule has 0 aromatic carbocycles. The van der Waals surface area contributed by atoms with Gasteiger partial charge in [-0.05, 0) is 30.7 Å². The molecule has 3 N–H and O–H groups in total. The number of carbonyl (C=O) groups is 2. The molecule has 5 nitrogen and oxygen atoms in total. The Morgan fingerprint density at radius 1 is 1.33 bits per heavy atom. The molecule has 5 heteroatoms. The van der Waals surface area contributed by atoms with Gasteiger partial charge in [0, 0.05) is 12.6 Å². The van der Waals surface area contributed by atoms with Crippen molar-refractivity contribution in [1.29, 1.82) is 0 Å². The van der Waals surface area contributed by atoms with Gasteiger partial charge in [-0.2, -0.15) is 0 Å². The van der Waals surface area contributed by atoms with E-state index in [-0.39, 0.29) is 29.7 Å². The fourth-order valence-electron chi connectivity index (χ4n) is 3.11. The minimum absolute atomic E-state index is 0.00185. The van der Waals surface area contributed by atoms with Gasteiger partial charge in [-0.15, -0.1) is 0 Å². The summed E-state index contributed by atoms with van der Waals surface area (Å²) in [5.74, 6) is -0.640. The first-order valence-corrected chi connectivity index (χ1v) is 7.80. The van der Waals surface area contributed by atoms with E-state index in [4.69, 9.17) is 5.11 Å². The summed E-state index contributed by atoms with van der Waals surface area (Å²) in [5.41, 5.74) is -0.430. The van der Waals surface area contributed by atoms with Crippen molar-refractivity contribution in [3.63, 3.8) is 0 Å². The average molecular weight is 298 g/mol. The Kier molecular flexibility index (Phi) is 5.79. The maximum atomic E-state index is 12.7. The molecule has 1 aliphatic rings. The van der Waals surface area contributed by atoms with E-state index in [1.165, 1.54) is 0 Å². The van der Waals surface area contributed by atoms with Gasteiger partial charge in [0.2, 0.25) is 5.91 Å². The van der Waals surface area contributed by atoms with E-state index in [0.29, 0.717) is 13.0 Å². The summed E-state index contributed by atoms with van der Waals surface area (Å²) in [7, 11) is 0. The number of rotatable bonds is 6. The van der Waals surface area contributed by atoms with E-state index in [0.717, 1.165) is 13.0 Å². The summed E-state index contributed by atoms with van der Waals surface area (Å²) in [6.07, 6.45) is 1.45. The van der Waals surface area contributed by atoms with E-state index in [1.54, 1.807) is 0 Å². The Balaban J connectivity index is 2.81. The minimum Gasteiger partial charge on any atom is -0.481 e. The Hall–Kier alpha value is -1.10. The summed E-state index contributed by atoms with van der Waals surface area (Å²) in [4.78, 5) is 23.8. The number of nitrogens with one attached hydrogen (secondary N) is 2. The molecule has 0 aliphatic carbocycles. The molecule has 0 radical (unpaired) electrons. The largest absolute Gasteiger partial charge is 0.481 e. The van der Waals surface area contributed by atoms with Crippen LogP contribution in [0.4, 0.5) is 0 Å². The molecule has 122 valence electrons. The van der Waals surface area contributed by atoms with Crippen LogP contribution in [0, 0.1) is 16.7 Å². The van der Waals surface area contributed by atoms with Crippen LogP contribution in [0.25, 0.3) is 0 Å². The predicted octanol–water partition coefficient (Wildman–Crippen LogP) is 2.02. The number of aliphatic carboxylic acids is 1. The normalized spacial score (nSPS) is 24.1.